The number of methoxy groups -OCH3 is 1. The molecule has 1 aromatic carbocycles. The molecular weight excluding hydrogens is 274 g/mol. The highest BCUT2D eigenvalue weighted by Gasteiger charge is 2.13. The lowest BCUT2D eigenvalue weighted by Gasteiger charge is -2.15. The van der Waals surface area contributed by atoms with E-state index < -0.39 is 5.91 Å². The second-order valence-corrected chi connectivity index (χ2v) is 4.41. The number of para-hydroxylation sites is 2. The molecule has 0 aliphatic heterocycles. The van der Waals surface area contributed by atoms with Crippen molar-refractivity contribution in [2.75, 3.05) is 25.6 Å². The highest BCUT2D eigenvalue weighted by atomic mass is 16.5. The van der Waals surface area contributed by atoms with Gasteiger partial charge in [0.2, 0.25) is 11.8 Å². The van der Waals surface area contributed by atoms with Crippen LogP contribution in [0.3, 0.4) is 0 Å². The number of carbonyl (C=O) groups excluding carboxylic acids is 2. The minimum Gasteiger partial charge on any atom is -0.491 e. The number of benzene rings is 1. The summed E-state index contributed by atoms with van der Waals surface area (Å²) >= 11 is 0. The number of anilines is 1. The van der Waals surface area contributed by atoms with Crippen molar-refractivity contribution in [2.24, 2.45) is 11.5 Å². The van der Waals surface area contributed by atoms with Crippen molar-refractivity contribution in [3.05, 3.63) is 24.3 Å². The lowest BCUT2D eigenvalue weighted by atomic mass is 10.2. The average molecular weight is 295 g/mol. The average Bonchev–Trinajstić information content (AvgIpc) is 2.46. The standard InChI is InChI=1S/C14H21N3O4/c1-20-10(9-15)8-14(19)17-11-4-2-3-5-12(11)21-7-6-13(16)18/h2-5,10H,6-9,15H2,1H3,(H2,16,18)(H,17,19). The van der Waals surface area contributed by atoms with Gasteiger partial charge in [0.15, 0.2) is 0 Å². The van der Waals surface area contributed by atoms with Gasteiger partial charge in [-0.05, 0) is 12.1 Å². The molecule has 2 amide bonds. The van der Waals surface area contributed by atoms with E-state index in [1.165, 1.54) is 7.11 Å². The van der Waals surface area contributed by atoms with Gasteiger partial charge in [-0.15, -0.1) is 0 Å². The smallest absolute Gasteiger partial charge is 0.227 e. The van der Waals surface area contributed by atoms with Crippen LogP contribution >= 0.6 is 0 Å². The van der Waals surface area contributed by atoms with Crippen LogP contribution in [0.5, 0.6) is 5.75 Å². The number of hydrogen-bond donors (Lipinski definition) is 3. The first-order chi connectivity index (χ1) is 10.1. The van der Waals surface area contributed by atoms with Crippen LogP contribution in [0, 0.1) is 0 Å². The Bertz CT molecular complexity index is 475. The molecule has 1 atom stereocenters. The molecule has 7 nitrogen and oxygen atoms in total. The predicted molar refractivity (Wildman–Crippen MR) is 78.8 cm³/mol. The SMILES string of the molecule is COC(CN)CC(=O)Nc1ccccc1OCCC(N)=O. The first-order valence-corrected chi connectivity index (χ1v) is 6.59. The van der Waals surface area contributed by atoms with E-state index in [0.717, 1.165) is 0 Å². The molecule has 21 heavy (non-hydrogen) atoms. The van der Waals surface area contributed by atoms with E-state index in [4.69, 9.17) is 20.9 Å². The van der Waals surface area contributed by atoms with Crippen molar-refractivity contribution in [1.82, 2.24) is 0 Å². The quantitative estimate of drug-likeness (QED) is 0.603. The minimum absolute atomic E-state index is 0.112. The van der Waals surface area contributed by atoms with Crippen LogP contribution in [0.4, 0.5) is 5.69 Å². The maximum atomic E-state index is 11.9. The van der Waals surface area contributed by atoms with E-state index in [2.05, 4.69) is 5.32 Å². The van der Waals surface area contributed by atoms with Crippen molar-refractivity contribution < 1.29 is 19.1 Å². The summed E-state index contributed by atoms with van der Waals surface area (Å²) in [5, 5.41) is 2.73. The second kappa shape index (κ2) is 8.93. The lowest BCUT2D eigenvalue weighted by molar-refractivity contribution is -0.119. The molecule has 7 heteroatoms. The highest BCUT2D eigenvalue weighted by molar-refractivity contribution is 5.92. The molecule has 0 saturated carbocycles. The molecule has 5 N–H and O–H groups in total. The Morgan fingerprint density at radius 2 is 2.05 bits per heavy atom. The zero-order valence-corrected chi connectivity index (χ0v) is 12.0. The molecule has 0 saturated heterocycles. The summed E-state index contributed by atoms with van der Waals surface area (Å²) in [6.07, 6.45) is -0.0583. The summed E-state index contributed by atoms with van der Waals surface area (Å²) in [6, 6.07) is 6.95. The monoisotopic (exact) mass is 295 g/mol. The van der Waals surface area contributed by atoms with Crippen LogP contribution in [0.2, 0.25) is 0 Å². The van der Waals surface area contributed by atoms with Crippen molar-refractivity contribution in [3.63, 3.8) is 0 Å². The van der Waals surface area contributed by atoms with Gasteiger partial charge < -0.3 is 26.3 Å². The Morgan fingerprint density at radius 1 is 1.33 bits per heavy atom. The van der Waals surface area contributed by atoms with Gasteiger partial charge in [0.05, 0.1) is 31.2 Å². The van der Waals surface area contributed by atoms with E-state index in [-0.39, 0.29) is 38.0 Å². The van der Waals surface area contributed by atoms with Gasteiger partial charge in [-0.1, -0.05) is 12.1 Å². The van der Waals surface area contributed by atoms with Gasteiger partial charge in [0.1, 0.15) is 5.75 Å². The number of carbonyl (C=O) groups is 2. The van der Waals surface area contributed by atoms with E-state index in [1.807, 2.05) is 0 Å². The molecule has 0 spiro atoms. The Kier molecular flexibility index (Phi) is 7.20. The van der Waals surface area contributed by atoms with Crippen molar-refractivity contribution in [2.45, 2.75) is 18.9 Å². The van der Waals surface area contributed by atoms with E-state index in [1.54, 1.807) is 24.3 Å². The molecule has 0 heterocycles. The molecule has 1 aromatic rings. The van der Waals surface area contributed by atoms with Gasteiger partial charge in [-0.25, -0.2) is 0 Å². The number of nitrogens with two attached hydrogens (primary N) is 2. The molecule has 0 aliphatic carbocycles. The topological polar surface area (TPSA) is 117 Å². The van der Waals surface area contributed by atoms with Gasteiger partial charge in [0.25, 0.3) is 0 Å². The van der Waals surface area contributed by atoms with Crippen molar-refractivity contribution in [3.8, 4) is 5.75 Å². The van der Waals surface area contributed by atoms with Gasteiger partial charge in [0, 0.05) is 13.7 Å². The molecule has 0 aromatic heterocycles. The summed E-state index contributed by atoms with van der Waals surface area (Å²) in [6.45, 7) is 0.423. The fraction of sp³-hybridized carbons (Fsp3) is 0.429. The number of rotatable bonds is 9. The van der Waals surface area contributed by atoms with E-state index in [0.29, 0.717) is 11.4 Å². The van der Waals surface area contributed by atoms with Gasteiger partial charge in [-0.3, -0.25) is 9.59 Å². The third kappa shape index (κ3) is 6.24. The van der Waals surface area contributed by atoms with Crippen LogP contribution in [0.15, 0.2) is 24.3 Å². The molecule has 0 fully saturated rings. The molecule has 0 bridgehead atoms. The van der Waals surface area contributed by atoms with Gasteiger partial charge in [-0.2, -0.15) is 0 Å². The van der Waals surface area contributed by atoms with Crippen molar-refractivity contribution >= 4 is 17.5 Å². The van der Waals surface area contributed by atoms with E-state index >= 15 is 0 Å². The van der Waals surface area contributed by atoms with Crippen LogP contribution in [0.1, 0.15) is 12.8 Å². The van der Waals surface area contributed by atoms with Crippen LogP contribution in [-0.4, -0.2) is 38.2 Å². The Labute approximate surface area is 123 Å². The Morgan fingerprint density at radius 3 is 2.67 bits per heavy atom. The molecule has 116 valence electrons. The highest BCUT2D eigenvalue weighted by Crippen LogP contribution is 2.24. The molecule has 0 radical (unpaired) electrons. The Hall–Kier alpha value is -2.12. The number of nitrogens with one attached hydrogen (secondary N) is 1. The Balaban J connectivity index is 2.61. The fourth-order valence-corrected chi connectivity index (χ4v) is 1.63. The van der Waals surface area contributed by atoms with E-state index in [9.17, 15) is 9.59 Å². The maximum absolute atomic E-state index is 11.9. The van der Waals surface area contributed by atoms with Crippen molar-refractivity contribution in [1.29, 1.82) is 0 Å². The third-order valence-electron chi connectivity index (χ3n) is 2.78. The maximum Gasteiger partial charge on any atom is 0.227 e. The molecule has 1 unspecified atom stereocenters. The first-order valence-electron chi connectivity index (χ1n) is 6.59. The zero-order valence-electron chi connectivity index (χ0n) is 12.0. The number of amides is 2. The molecule has 0 aliphatic rings. The molecular formula is C14H21N3O4. The number of ether oxygens (including phenoxy) is 2. The summed E-state index contributed by atoms with van der Waals surface area (Å²) in [7, 11) is 1.51. The largest absolute Gasteiger partial charge is 0.491 e. The second-order valence-electron chi connectivity index (χ2n) is 4.41. The normalized spacial score (nSPS) is 11.7. The van der Waals surface area contributed by atoms with Gasteiger partial charge >= 0.3 is 0 Å². The van der Waals surface area contributed by atoms with Crippen LogP contribution < -0.4 is 21.5 Å². The fourth-order valence-electron chi connectivity index (χ4n) is 1.63. The molecule has 1 rings (SSSR count). The van der Waals surface area contributed by atoms with Crippen LogP contribution in [-0.2, 0) is 14.3 Å². The third-order valence-corrected chi connectivity index (χ3v) is 2.78. The summed E-state index contributed by atoms with van der Waals surface area (Å²) in [5.41, 5.74) is 11.0. The number of primary amides is 1. The lowest BCUT2D eigenvalue weighted by Crippen LogP contribution is -2.28. The predicted octanol–water partition coefficient (Wildman–Crippen LogP) is 0.243. The van der Waals surface area contributed by atoms with Crippen LogP contribution in [0.25, 0.3) is 0 Å². The summed E-state index contributed by atoms with van der Waals surface area (Å²) in [4.78, 5) is 22.6. The summed E-state index contributed by atoms with van der Waals surface area (Å²) in [5.74, 6) is -0.186. The summed E-state index contributed by atoms with van der Waals surface area (Å²) < 4.78 is 10.5. The first kappa shape index (κ1) is 16.9. The number of hydrogen-bond acceptors (Lipinski definition) is 5. The minimum atomic E-state index is -0.442. The zero-order chi connectivity index (χ0) is 15.7.